The Morgan fingerprint density at radius 2 is 1.62 bits per heavy atom. The van der Waals surface area contributed by atoms with Crippen molar-refractivity contribution in [2.24, 2.45) is 0 Å². The molecule has 0 amide bonds. The standard InChI is InChI=1S/C9H9F3O/c1-5-3-7(10)4-6(2)8(5)13-9(11)12/h3-4,9H,1-2H3. The Hall–Kier alpha value is -1.19. The van der Waals surface area contributed by atoms with Gasteiger partial charge in [0.1, 0.15) is 11.6 Å². The maximum atomic E-state index is 12.7. The van der Waals surface area contributed by atoms with Crippen molar-refractivity contribution in [1.82, 2.24) is 0 Å². The molecule has 0 heterocycles. The number of rotatable bonds is 2. The van der Waals surface area contributed by atoms with Crippen LogP contribution in [0.5, 0.6) is 5.75 Å². The lowest BCUT2D eigenvalue weighted by Gasteiger charge is -2.10. The third-order valence-corrected chi connectivity index (χ3v) is 1.63. The SMILES string of the molecule is Cc1cc(F)cc(C)c1OC(F)F. The molecule has 1 rings (SSSR count). The lowest BCUT2D eigenvalue weighted by molar-refractivity contribution is -0.0507. The van der Waals surface area contributed by atoms with E-state index in [0.717, 1.165) is 12.1 Å². The summed E-state index contributed by atoms with van der Waals surface area (Å²) >= 11 is 0. The highest BCUT2D eigenvalue weighted by atomic mass is 19.3. The van der Waals surface area contributed by atoms with Crippen LogP contribution in [0.4, 0.5) is 13.2 Å². The zero-order chi connectivity index (χ0) is 10.0. The predicted octanol–water partition coefficient (Wildman–Crippen LogP) is 3.04. The Morgan fingerprint density at radius 1 is 1.15 bits per heavy atom. The summed E-state index contributed by atoms with van der Waals surface area (Å²) in [5, 5.41) is 0. The molecule has 0 fully saturated rings. The molecular formula is C9H9F3O. The summed E-state index contributed by atoms with van der Waals surface area (Å²) in [5.41, 5.74) is 0.746. The number of halogens is 3. The van der Waals surface area contributed by atoms with Gasteiger partial charge in [0, 0.05) is 0 Å². The molecule has 0 spiro atoms. The Kier molecular flexibility index (Phi) is 2.80. The molecular weight excluding hydrogens is 181 g/mol. The van der Waals surface area contributed by atoms with Gasteiger partial charge in [-0.1, -0.05) is 0 Å². The molecule has 0 aliphatic heterocycles. The highest BCUT2D eigenvalue weighted by Gasteiger charge is 2.11. The van der Waals surface area contributed by atoms with Gasteiger partial charge in [0.2, 0.25) is 0 Å². The Morgan fingerprint density at radius 3 is 2.00 bits per heavy atom. The van der Waals surface area contributed by atoms with Crippen molar-refractivity contribution in [3.05, 3.63) is 29.1 Å². The molecule has 0 aliphatic rings. The molecule has 4 heteroatoms. The summed E-state index contributed by atoms with van der Waals surface area (Å²) in [4.78, 5) is 0. The second-order valence-corrected chi connectivity index (χ2v) is 2.75. The van der Waals surface area contributed by atoms with E-state index in [0.29, 0.717) is 11.1 Å². The van der Waals surface area contributed by atoms with Gasteiger partial charge in [0.05, 0.1) is 0 Å². The van der Waals surface area contributed by atoms with E-state index < -0.39 is 12.4 Å². The van der Waals surface area contributed by atoms with Gasteiger partial charge in [-0.15, -0.1) is 0 Å². The maximum Gasteiger partial charge on any atom is 0.387 e. The molecule has 1 nitrogen and oxygen atoms in total. The number of benzene rings is 1. The lowest BCUT2D eigenvalue weighted by Crippen LogP contribution is -2.05. The average molecular weight is 190 g/mol. The largest absolute Gasteiger partial charge is 0.434 e. The van der Waals surface area contributed by atoms with Crippen molar-refractivity contribution in [3.8, 4) is 5.75 Å². The van der Waals surface area contributed by atoms with Gasteiger partial charge in [-0.2, -0.15) is 8.78 Å². The third kappa shape index (κ3) is 2.37. The lowest BCUT2D eigenvalue weighted by atomic mass is 10.1. The average Bonchev–Trinajstić information content (AvgIpc) is 1.96. The van der Waals surface area contributed by atoms with Gasteiger partial charge >= 0.3 is 6.61 Å². The summed E-state index contributed by atoms with van der Waals surface area (Å²) < 4.78 is 40.7. The van der Waals surface area contributed by atoms with Crippen LogP contribution in [0.25, 0.3) is 0 Å². The number of aryl methyl sites for hydroxylation is 2. The molecule has 0 aromatic heterocycles. The topological polar surface area (TPSA) is 9.23 Å². The first kappa shape index (κ1) is 9.89. The van der Waals surface area contributed by atoms with Crippen molar-refractivity contribution in [1.29, 1.82) is 0 Å². The Balaban J connectivity index is 3.06. The van der Waals surface area contributed by atoms with Gasteiger partial charge in [0.25, 0.3) is 0 Å². The maximum absolute atomic E-state index is 12.7. The minimum atomic E-state index is -2.87. The van der Waals surface area contributed by atoms with E-state index in [4.69, 9.17) is 0 Å². The van der Waals surface area contributed by atoms with Crippen LogP contribution in [-0.2, 0) is 0 Å². The molecule has 1 aromatic rings. The Labute approximate surface area is 74.1 Å². The summed E-state index contributed by atoms with van der Waals surface area (Å²) in [6.07, 6.45) is 0. The molecule has 0 atom stereocenters. The molecule has 1 aromatic carbocycles. The van der Waals surface area contributed by atoms with Crippen LogP contribution in [0.15, 0.2) is 12.1 Å². The molecule has 13 heavy (non-hydrogen) atoms. The number of ether oxygens (including phenoxy) is 1. The van der Waals surface area contributed by atoms with E-state index in [-0.39, 0.29) is 5.75 Å². The fourth-order valence-electron chi connectivity index (χ4n) is 1.17. The van der Waals surface area contributed by atoms with Gasteiger partial charge in [0.15, 0.2) is 0 Å². The second kappa shape index (κ2) is 3.68. The summed E-state index contributed by atoms with van der Waals surface area (Å²) in [7, 11) is 0. The fraction of sp³-hybridized carbons (Fsp3) is 0.333. The zero-order valence-electron chi connectivity index (χ0n) is 7.27. The van der Waals surface area contributed by atoms with Crippen LogP contribution in [0.3, 0.4) is 0 Å². The summed E-state index contributed by atoms with van der Waals surface area (Å²) in [6.45, 7) is 0.171. The second-order valence-electron chi connectivity index (χ2n) is 2.75. The highest BCUT2D eigenvalue weighted by Crippen LogP contribution is 2.25. The normalized spacial score (nSPS) is 10.6. The van der Waals surface area contributed by atoms with Crippen LogP contribution >= 0.6 is 0 Å². The first-order valence-corrected chi connectivity index (χ1v) is 3.72. The predicted molar refractivity (Wildman–Crippen MR) is 42.5 cm³/mol. The van der Waals surface area contributed by atoms with Crippen molar-refractivity contribution in [3.63, 3.8) is 0 Å². The minimum absolute atomic E-state index is 0.0522. The number of hydrogen-bond donors (Lipinski definition) is 0. The molecule has 0 unspecified atom stereocenters. The van der Waals surface area contributed by atoms with Crippen LogP contribution in [0.1, 0.15) is 11.1 Å². The molecule has 0 bridgehead atoms. The van der Waals surface area contributed by atoms with E-state index in [1.807, 2.05) is 0 Å². The van der Waals surface area contributed by atoms with Gasteiger partial charge in [-0.25, -0.2) is 4.39 Å². The van der Waals surface area contributed by atoms with E-state index in [1.54, 1.807) is 0 Å². The first-order chi connectivity index (χ1) is 6.00. The number of alkyl halides is 2. The molecule has 0 saturated carbocycles. The van der Waals surface area contributed by atoms with E-state index >= 15 is 0 Å². The molecule has 0 saturated heterocycles. The van der Waals surface area contributed by atoms with E-state index in [9.17, 15) is 13.2 Å². The molecule has 72 valence electrons. The van der Waals surface area contributed by atoms with E-state index in [2.05, 4.69) is 4.74 Å². The molecule has 0 radical (unpaired) electrons. The van der Waals surface area contributed by atoms with Gasteiger partial charge in [-0.3, -0.25) is 0 Å². The third-order valence-electron chi connectivity index (χ3n) is 1.63. The first-order valence-electron chi connectivity index (χ1n) is 3.72. The van der Waals surface area contributed by atoms with Crippen molar-refractivity contribution < 1.29 is 17.9 Å². The highest BCUT2D eigenvalue weighted by molar-refractivity contribution is 5.40. The Bertz CT molecular complexity index is 287. The zero-order valence-corrected chi connectivity index (χ0v) is 7.27. The van der Waals surface area contributed by atoms with Crippen molar-refractivity contribution >= 4 is 0 Å². The fourth-order valence-corrected chi connectivity index (χ4v) is 1.17. The monoisotopic (exact) mass is 190 g/mol. The minimum Gasteiger partial charge on any atom is -0.434 e. The van der Waals surface area contributed by atoms with Crippen LogP contribution in [-0.4, -0.2) is 6.61 Å². The quantitative estimate of drug-likeness (QED) is 0.696. The van der Waals surface area contributed by atoms with Crippen LogP contribution in [0, 0.1) is 19.7 Å². The van der Waals surface area contributed by atoms with Crippen molar-refractivity contribution in [2.75, 3.05) is 0 Å². The number of hydrogen-bond acceptors (Lipinski definition) is 1. The summed E-state index contributed by atoms with van der Waals surface area (Å²) in [6, 6.07) is 2.31. The van der Waals surface area contributed by atoms with Gasteiger partial charge < -0.3 is 4.74 Å². The van der Waals surface area contributed by atoms with Crippen molar-refractivity contribution in [2.45, 2.75) is 20.5 Å². The smallest absolute Gasteiger partial charge is 0.387 e. The molecule has 0 N–H and O–H groups in total. The summed E-state index contributed by atoms with van der Waals surface area (Å²) in [5.74, 6) is -0.395. The van der Waals surface area contributed by atoms with Gasteiger partial charge in [-0.05, 0) is 37.1 Å². The van der Waals surface area contributed by atoms with Crippen LogP contribution < -0.4 is 4.74 Å². The molecule has 0 aliphatic carbocycles. The van der Waals surface area contributed by atoms with Crippen LogP contribution in [0.2, 0.25) is 0 Å². The van der Waals surface area contributed by atoms with E-state index in [1.165, 1.54) is 13.8 Å².